The molecule has 0 aromatic heterocycles. The third kappa shape index (κ3) is 8.14. The Labute approximate surface area is 73.1 Å². The van der Waals surface area contributed by atoms with Gasteiger partial charge >= 0.3 is 0 Å². The fraction of sp³-hybridized carbons (Fsp3) is 1.00. The Hall–Kier alpha value is 0.240. The lowest BCUT2D eigenvalue weighted by Crippen LogP contribution is -2.23. The van der Waals surface area contributed by atoms with Crippen LogP contribution >= 0.6 is 11.8 Å². The van der Waals surface area contributed by atoms with Crippen molar-refractivity contribution in [2.75, 3.05) is 31.8 Å². The fourth-order valence-electron chi connectivity index (χ4n) is 0.884. The molecule has 68 valence electrons. The van der Waals surface area contributed by atoms with Crippen molar-refractivity contribution in [3.05, 3.63) is 0 Å². The summed E-state index contributed by atoms with van der Waals surface area (Å²) in [6.45, 7) is 3.83. The first-order chi connectivity index (χ1) is 5.31. The minimum absolute atomic E-state index is 0.204. The maximum absolute atomic E-state index is 11.6. The molecular formula is C8H18FNS. The quantitative estimate of drug-likeness (QED) is 0.599. The normalized spacial score (nSPS) is 13.4. The summed E-state index contributed by atoms with van der Waals surface area (Å²) < 4.78 is 11.6. The first-order valence-electron chi connectivity index (χ1n) is 4.07. The second-order valence-electron chi connectivity index (χ2n) is 2.81. The van der Waals surface area contributed by atoms with Gasteiger partial charge in [0.05, 0.1) is 6.67 Å². The molecular weight excluding hydrogens is 161 g/mol. The van der Waals surface area contributed by atoms with E-state index in [-0.39, 0.29) is 6.67 Å². The van der Waals surface area contributed by atoms with E-state index in [0.717, 1.165) is 13.1 Å². The molecule has 0 aliphatic rings. The van der Waals surface area contributed by atoms with Crippen molar-refractivity contribution in [3.63, 3.8) is 0 Å². The molecule has 0 bridgehead atoms. The van der Waals surface area contributed by atoms with Crippen molar-refractivity contribution in [1.29, 1.82) is 0 Å². The van der Waals surface area contributed by atoms with Gasteiger partial charge in [0.2, 0.25) is 0 Å². The second kappa shape index (κ2) is 8.34. The van der Waals surface area contributed by atoms with Gasteiger partial charge in [0, 0.05) is 0 Å². The highest BCUT2D eigenvalue weighted by molar-refractivity contribution is 7.98. The summed E-state index contributed by atoms with van der Waals surface area (Å²) in [5, 5.41) is 3.22. The van der Waals surface area contributed by atoms with Crippen LogP contribution in [0.3, 0.4) is 0 Å². The summed E-state index contributed by atoms with van der Waals surface area (Å²) in [5.41, 5.74) is 0. The Morgan fingerprint density at radius 3 is 2.82 bits per heavy atom. The van der Waals surface area contributed by atoms with Crippen LogP contribution in [0.25, 0.3) is 0 Å². The molecule has 0 aromatic carbocycles. The van der Waals surface area contributed by atoms with E-state index in [1.165, 1.54) is 5.75 Å². The van der Waals surface area contributed by atoms with E-state index in [1.54, 1.807) is 0 Å². The van der Waals surface area contributed by atoms with Crippen molar-refractivity contribution < 1.29 is 4.39 Å². The molecule has 1 nitrogen and oxygen atoms in total. The zero-order chi connectivity index (χ0) is 8.53. The Morgan fingerprint density at radius 1 is 1.55 bits per heavy atom. The van der Waals surface area contributed by atoms with Gasteiger partial charge in [-0.25, -0.2) is 0 Å². The van der Waals surface area contributed by atoms with Gasteiger partial charge in [0.1, 0.15) is 0 Å². The van der Waals surface area contributed by atoms with Crippen LogP contribution < -0.4 is 5.32 Å². The lowest BCUT2D eigenvalue weighted by Gasteiger charge is -2.09. The van der Waals surface area contributed by atoms with Gasteiger partial charge in [0.15, 0.2) is 0 Å². The molecule has 0 aromatic rings. The summed E-state index contributed by atoms with van der Waals surface area (Å²) in [6.07, 6.45) is 2.75. The average molecular weight is 179 g/mol. The zero-order valence-electron chi connectivity index (χ0n) is 7.40. The largest absolute Gasteiger partial charge is 0.316 e. The molecule has 1 atom stereocenters. The molecule has 0 saturated heterocycles. The van der Waals surface area contributed by atoms with E-state index in [1.807, 2.05) is 11.8 Å². The highest BCUT2D eigenvalue weighted by Gasteiger charge is 1.98. The average Bonchev–Trinajstić information content (AvgIpc) is 1.99. The van der Waals surface area contributed by atoms with Crippen LogP contribution in [0.5, 0.6) is 0 Å². The molecule has 0 rings (SSSR count). The predicted molar refractivity (Wildman–Crippen MR) is 51.0 cm³/mol. The van der Waals surface area contributed by atoms with Crippen LogP contribution in [0.2, 0.25) is 0 Å². The maximum Gasteiger partial charge on any atom is 0.0906 e. The lowest BCUT2D eigenvalue weighted by atomic mass is 10.2. The third-order valence-electron chi connectivity index (χ3n) is 1.43. The Balaban J connectivity index is 2.97. The van der Waals surface area contributed by atoms with Crippen molar-refractivity contribution in [2.45, 2.75) is 13.3 Å². The second-order valence-corrected chi connectivity index (χ2v) is 3.72. The van der Waals surface area contributed by atoms with Gasteiger partial charge in [-0.05, 0) is 37.4 Å². The van der Waals surface area contributed by atoms with E-state index in [4.69, 9.17) is 0 Å². The van der Waals surface area contributed by atoms with Crippen LogP contribution in [0.4, 0.5) is 4.39 Å². The molecule has 0 heterocycles. The maximum atomic E-state index is 11.6. The van der Waals surface area contributed by atoms with Gasteiger partial charge in [-0.3, -0.25) is 4.39 Å². The highest BCUT2D eigenvalue weighted by atomic mass is 32.2. The minimum Gasteiger partial charge on any atom is -0.316 e. The lowest BCUT2D eigenvalue weighted by molar-refractivity contribution is 0.450. The van der Waals surface area contributed by atoms with Crippen LogP contribution in [0.15, 0.2) is 0 Å². The molecule has 0 fully saturated rings. The minimum atomic E-state index is -0.204. The molecule has 3 heteroatoms. The van der Waals surface area contributed by atoms with Gasteiger partial charge in [-0.2, -0.15) is 11.8 Å². The molecule has 1 unspecified atom stereocenters. The summed E-state index contributed by atoms with van der Waals surface area (Å²) in [5.74, 6) is 1.88. The molecule has 0 aliphatic carbocycles. The van der Waals surface area contributed by atoms with E-state index >= 15 is 0 Å². The fourth-order valence-corrected chi connectivity index (χ4v) is 1.57. The molecule has 0 saturated carbocycles. The monoisotopic (exact) mass is 179 g/mol. The van der Waals surface area contributed by atoms with Crippen LogP contribution in [0.1, 0.15) is 13.3 Å². The van der Waals surface area contributed by atoms with Crippen molar-refractivity contribution >= 4 is 11.8 Å². The number of rotatable bonds is 7. The van der Waals surface area contributed by atoms with Gasteiger partial charge in [-0.15, -0.1) is 0 Å². The number of alkyl halides is 1. The molecule has 0 radical (unpaired) electrons. The molecule has 0 spiro atoms. The van der Waals surface area contributed by atoms with E-state index in [0.29, 0.717) is 12.3 Å². The van der Waals surface area contributed by atoms with Crippen LogP contribution in [-0.4, -0.2) is 31.8 Å². The number of halogens is 1. The zero-order valence-corrected chi connectivity index (χ0v) is 8.22. The number of nitrogens with one attached hydrogen (secondary N) is 1. The first-order valence-corrected chi connectivity index (χ1v) is 5.46. The third-order valence-corrected chi connectivity index (χ3v) is 2.33. The van der Waals surface area contributed by atoms with Gasteiger partial charge in [0.25, 0.3) is 0 Å². The summed E-state index contributed by atoms with van der Waals surface area (Å²) in [4.78, 5) is 0. The Morgan fingerprint density at radius 2 is 2.27 bits per heavy atom. The predicted octanol–water partition coefficient (Wildman–Crippen LogP) is 1.93. The van der Waals surface area contributed by atoms with E-state index in [9.17, 15) is 4.39 Å². The highest BCUT2D eigenvalue weighted by Crippen LogP contribution is 2.02. The van der Waals surface area contributed by atoms with E-state index in [2.05, 4.69) is 18.5 Å². The summed E-state index contributed by atoms with van der Waals surface area (Å²) in [7, 11) is 0. The van der Waals surface area contributed by atoms with Gasteiger partial charge in [-0.1, -0.05) is 6.92 Å². The number of hydrogen-bond donors (Lipinski definition) is 1. The summed E-state index contributed by atoms with van der Waals surface area (Å²) in [6, 6.07) is 0. The molecule has 0 aliphatic heterocycles. The van der Waals surface area contributed by atoms with Gasteiger partial charge < -0.3 is 5.32 Å². The number of thioether (sulfide) groups is 1. The Kier molecular flexibility index (Phi) is 8.52. The van der Waals surface area contributed by atoms with Crippen molar-refractivity contribution in [2.24, 2.45) is 5.92 Å². The number of hydrogen-bond acceptors (Lipinski definition) is 2. The van der Waals surface area contributed by atoms with Crippen molar-refractivity contribution in [1.82, 2.24) is 5.32 Å². The molecule has 0 amide bonds. The molecule has 1 N–H and O–H groups in total. The SMILES string of the molecule is CSCC(C)CNCCCF. The standard InChI is InChI=1S/C8H18FNS/c1-8(7-11-2)6-10-5-3-4-9/h8,10H,3-7H2,1-2H3. The first kappa shape index (κ1) is 11.2. The van der Waals surface area contributed by atoms with Crippen molar-refractivity contribution in [3.8, 4) is 0 Å². The van der Waals surface area contributed by atoms with E-state index < -0.39 is 0 Å². The van der Waals surface area contributed by atoms with Crippen LogP contribution in [-0.2, 0) is 0 Å². The smallest absolute Gasteiger partial charge is 0.0906 e. The summed E-state index contributed by atoms with van der Waals surface area (Å²) >= 11 is 1.86. The topological polar surface area (TPSA) is 12.0 Å². The van der Waals surface area contributed by atoms with Crippen LogP contribution in [0, 0.1) is 5.92 Å². The molecule has 11 heavy (non-hydrogen) atoms. The Bertz CT molecular complexity index is 80.5.